The molecule has 2 atom stereocenters. The van der Waals surface area contributed by atoms with E-state index in [-0.39, 0.29) is 12.3 Å². The van der Waals surface area contributed by atoms with E-state index >= 15 is 0 Å². The fourth-order valence-electron chi connectivity index (χ4n) is 3.42. The van der Waals surface area contributed by atoms with Gasteiger partial charge in [-0.1, -0.05) is 43.6 Å². The van der Waals surface area contributed by atoms with Gasteiger partial charge in [-0.25, -0.2) is 4.42 Å². The van der Waals surface area contributed by atoms with Crippen LogP contribution in [-0.4, -0.2) is 42.8 Å². The molecule has 0 aromatic heterocycles. The highest BCUT2D eigenvalue weighted by Gasteiger charge is 2.41. The molecule has 6 heteroatoms. The second kappa shape index (κ2) is 9.13. The Labute approximate surface area is 161 Å². The molecular weight excluding hydrogens is 359 g/mol. The summed E-state index contributed by atoms with van der Waals surface area (Å²) in [6.07, 6.45) is 1.56. The van der Waals surface area contributed by atoms with Crippen molar-refractivity contribution in [3.8, 4) is 0 Å². The average molecular weight is 387 g/mol. The van der Waals surface area contributed by atoms with E-state index in [9.17, 15) is 0 Å². The molecule has 1 aromatic rings. The highest BCUT2D eigenvalue weighted by Crippen LogP contribution is 2.46. The summed E-state index contributed by atoms with van der Waals surface area (Å²) in [5, 5.41) is 0.519. The van der Waals surface area contributed by atoms with Crippen LogP contribution in [-0.2, 0) is 22.3 Å². The van der Waals surface area contributed by atoms with E-state index in [1.807, 2.05) is 6.92 Å². The van der Waals surface area contributed by atoms with Crippen molar-refractivity contribution < 1.29 is 9.47 Å². The number of hydrogen-bond acceptors (Lipinski definition) is 4. The summed E-state index contributed by atoms with van der Waals surface area (Å²) >= 11 is 13.3. The normalized spacial score (nSPS) is 19.1. The quantitative estimate of drug-likeness (QED) is 0.478. The summed E-state index contributed by atoms with van der Waals surface area (Å²) in [4.78, 5) is 2.21. The fourth-order valence-corrected chi connectivity index (χ4v) is 4.06. The van der Waals surface area contributed by atoms with Crippen LogP contribution in [0.2, 0.25) is 0 Å². The van der Waals surface area contributed by atoms with Crippen LogP contribution in [0.4, 0.5) is 0 Å². The molecule has 2 rings (SSSR count). The Kier molecular flexibility index (Phi) is 7.44. The molecule has 4 nitrogen and oxygen atoms in total. The van der Waals surface area contributed by atoms with Crippen molar-refractivity contribution in [1.29, 1.82) is 0 Å². The van der Waals surface area contributed by atoms with Crippen LogP contribution in [0.1, 0.15) is 43.6 Å². The minimum atomic E-state index is -0.164. The highest BCUT2D eigenvalue weighted by molar-refractivity contribution is 6.33. The monoisotopic (exact) mass is 386 g/mol. The lowest BCUT2D eigenvalue weighted by molar-refractivity contribution is 0.0824. The molecule has 0 saturated carbocycles. The van der Waals surface area contributed by atoms with E-state index in [0.29, 0.717) is 18.3 Å². The van der Waals surface area contributed by atoms with Gasteiger partial charge in [0.1, 0.15) is 11.3 Å². The second-order valence-electron chi connectivity index (χ2n) is 6.12. The van der Waals surface area contributed by atoms with Crippen LogP contribution in [0.3, 0.4) is 0 Å². The van der Waals surface area contributed by atoms with Gasteiger partial charge in [-0.2, -0.15) is 0 Å². The van der Waals surface area contributed by atoms with Gasteiger partial charge >= 0.3 is 0 Å². The maximum Gasteiger partial charge on any atom is 0.145 e. The van der Waals surface area contributed by atoms with Crippen molar-refractivity contribution in [3.63, 3.8) is 0 Å². The summed E-state index contributed by atoms with van der Waals surface area (Å²) < 4.78 is 12.5. The maximum atomic E-state index is 6.70. The van der Waals surface area contributed by atoms with Gasteiger partial charge in [0.15, 0.2) is 0 Å². The predicted octanol–water partition coefficient (Wildman–Crippen LogP) is 4.67. The van der Waals surface area contributed by atoms with Gasteiger partial charge in [-0.15, -0.1) is 0 Å². The summed E-state index contributed by atoms with van der Waals surface area (Å²) in [5.74, 6) is 0. The summed E-state index contributed by atoms with van der Waals surface area (Å²) in [6, 6.07) is 6.45. The number of ether oxygens (including phenoxy) is 2. The molecule has 1 heterocycles. The molecule has 0 N–H and O–H groups in total. The van der Waals surface area contributed by atoms with Crippen LogP contribution in [0.15, 0.2) is 29.1 Å². The molecule has 1 aromatic carbocycles. The number of hydrogen-bond donors (Lipinski definition) is 0. The number of aryl methyl sites for hydroxylation is 2. The average Bonchev–Trinajstić information content (AvgIpc) is 2.88. The van der Waals surface area contributed by atoms with E-state index in [4.69, 9.17) is 32.9 Å². The summed E-state index contributed by atoms with van der Waals surface area (Å²) in [6.45, 7) is 7.58. The standard InChI is InChI=1S/C19H28Cl2N2O2/c1-6-14-9-8-10-15(7-2)16(14)19-22(11-12-24-4)17(13(3)25-5)18(20)23(19)21/h8-10,13,19H,6-7,11-12H2,1-5H3. The molecular formula is C19H28Cl2N2O2. The molecule has 2 unspecified atom stereocenters. The zero-order valence-corrected chi connectivity index (χ0v) is 17.2. The summed E-state index contributed by atoms with van der Waals surface area (Å²) in [5.41, 5.74) is 4.70. The van der Waals surface area contributed by atoms with Gasteiger partial charge in [-0.05, 0) is 30.9 Å². The molecule has 0 radical (unpaired) electrons. The lowest BCUT2D eigenvalue weighted by Gasteiger charge is -2.34. The first-order chi connectivity index (χ1) is 12.0. The number of nitrogens with zero attached hydrogens (tertiary/aromatic N) is 2. The molecule has 25 heavy (non-hydrogen) atoms. The molecule has 0 fully saturated rings. The van der Waals surface area contributed by atoms with Crippen molar-refractivity contribution >= 4 is 23.4 Å². The van der Waals surface area contributed by atoms with Gasteiger partial charge < -0.3 is 14.4 Å². The van der Waals surface area contributed by atoms with Gasteiger partial charge in [-0.3, -0.25) is 0 Å². The Morgan fingerprint density at radius 3 is 2.24 bits per heavy atom. The van der Waals surface area contributed by atoms with Crippen molar-refractivity contribution in [3.05, 3.63) is 45.7 Å². The van der Waals surface area contributed by atoms with E-state index in [1.165, 1.54) is 16.7 Å². The number of halogens is 2. The third-order valence-corrected chi connectivity index (χ3v) is 5.62. The van der Waals surface area contributed by atoms with E-state index in [2.05, 4.69) is 36.9 Å². The molecule has 1 aliphatic heterocycles. The Morgan fingerprint density at radius 2 is 1.76 bits per heavy atom. The first-order valence-electron chi connectivity index (χ1n) is 8.75. The zero-order chi connectivity index (χ0) is 18.6. The van der Waals surface area contributed by atoms with Crippen LogP contribution >= 0.6 is 23.4 Å². The minimum Gasteiger partial charge on any atom is -0.383 e. The van der Waals surface area contributed by atoms with Crippen molar-refractivity contribution in [1.82, 2.24) is 9.32 Å². The summed E-state index contributed by atoms with van der Waals surface area (Å²) in [7, 11) is 3.38. The van der Waals surface area contributed by atoms with Crippen molar-refractivity contribution in [2.24, 2.45) is 0 Å². The molecule has 0 saturated heterocycles. The predicted molar refractivity (Wildman–Crippen MR) is 104 cm³/mol. The molecule has 0 bridgehead atoms. The lowest BCUT2D eigenvalue weighted by atomic mass is 9.94. The smallest absolute Gasteiger partial charge is 0.145 e. The van der Waals surface area contributed by atoms with E-state index in [0.717, 1.165) is 18.5 Å². The molecule has 1 aliphatic rings. The Hall–Kier alpha value is -0.940. The van der Waals surface area contributed by atoms with Gasteiger partial charge in [0.25, 0.3) is 0 Å². The highest BCUT2D eigenvalue weighted by atomic mass is 35.5. The molecule has 0 amide bonds. The first kappa shape index (κ1) is 20.4. The largest absolute Gasteiger partial charge is 0.383 e. The van der Waals surface area contributed by atoms with E-state index < -0.39 is 0 Å². The zero-order valence-electron chi connectivity index (χ0n) is 15.7. The Morgan fingerprint density at radius 1 is 1.16 bits per heavy atom. The molecule has 0 spiro atoms. The van der Waals surface area contributed by atoms with Crippen LogP contribution in [0.5, 0.6) is 0 Å². The Bertz CT molecular complexity index is 599. The van der Waals surface area contributed by atoms with Crippen LogP contribution < -0.4 is 0 Å². The fraction of sp³-hybridized carbons (Fsp3) is 0.579. The minimum absolute atomic E-state index is 0.158. The van der Waals surface area contributed by atoms with Crippen LogP contribution in [0.25, 0.3) is 0 Å². The van der Waals surface area contributed by atoms with Crippen LogP contribution in [0, 0.1) is 0 Å². The van der Waals surface area contributed by atoms with Crippen molar-refractivity contribution in [2.45, 2.75) is 45.9 Å². The topological polar surface area (TPSA) is 24.9 Å². The van der Waals surface area contributed by atoms with E-state index in [1.54, 1.807) is 18.6 Å². The van der Waals surface area contributed by atoms with Crippen molar-refractivity contribution in [2.75, 3.05) is 27.4 Å². The SMILES string of the molecule is CCc1cccc(CC)c1C1N(Cl)C(Cl)=C(C(C)OC)N1CCOC. The lowest BCUT2D eigenvalue weighted by Crippen LogP contribution is -2.35. The Balaban J connectivity index is 2.56. The maximum absolute atomic E-state index is 6.70. The number of methoxy groups -OCH3 is 2. The first-order valence-corrected chi connectivity index (χ1v) is 9.46. The second-order valence-corrected chi connectivity index (χ2v) is 6.84. The van der Waals surface area contributed by atoms with Gasteiger partial charge in [0.05, 0.1) is 18.4 Å². The third-order valence-electron chi connectivity index (χ3n) is 4.80. The van der Waals surface area contributed by atoms with Gasteiger partial charge in [0, 0.05) is 38.1 Å². The third kappa shape index (κ3) is 3.92. The molecule has 140 valence electrons. The number of benzene rings is 1. The molecule has 0 aliphatic carbocycles. The number of rotatable bonds is 8. The van der Waals surface area contributed by atoms with Gasteiger partial charge in [0.2, 0.25) is 0 Å².